The topological polar surface area (TPSA) is 71.1 Å². The molecule has 1 heterocycles. The Balaban J connectivity index is 2.15. The summed E-state index contributed by atoms with van der Waals surface area (Å²) < 4.78 is 26.8. The Kier molecular flexibility index (Phi) is 4.82. The van der Waals surface area contributed by atoms with Gasteiger partial charge in [-0.25, -0.2) is 13.4 Å². The maximum Gasteiger partial charge on any atom is 0.261 e. The van der Waals surface area contributed by atoms with E-state index in [-0.39, 0.29) is 4.90 Å². The highest BCUT2D eigenvalue weighted by molar-refractivity contribution is 7.92. The third kappa shape index (κ3) is 4.21. The Morgan fingerprint density at radius 1 is 1.29 bits per heavy atom. The molecular formula is C14H14ClN3O2S. The van der Waals surface area contributed by atoms with Crippen molar-refractivity contribution in [2.75, 3.05) is 16.6 Å². The second-order valence-electron chi connectivity index (χ2n) is 4.16. The number of nitrogens with zero attached hydrogens (tertiary/aromatic N) is 1. The standard InChI is InChI=1S/C14H14ClN3O2S/c1-2-8-16-14-7-6-12(10-17-14)18-21(19,20)13-5-3-4-11(15)9-13/h2-7,9-10,18H,1,8H2,(H,16,17). The van der Waals surface area contributed by atoms with Crippen molar-refractivity contribution in [1.29, 1.82) is 0 Å². The molecule has 0 aliphatic rings. The van der Waals surface area contributed by atoms with E-state index < -0.39 is 10.0 Å². The predicted octanol–water partition coefficient (Wildman–Crippen LogP) is 3.13. The van der Waals surface area contributed by atoms with Crippen LogP contribution in [-0.2, 0) is 10.0 Å². The third-order valence-corrected chi connectivity index (χ3v) is 4.16. The van der Waals surface area contributed by atoms with Gasteiger partial charge in [0, 0.05) is 11.6 Å². The van der Waals surface area contributed by atoms with Gasteiger partial charge in [0.05, 0.1) is 16.8 Å². The average Bonchev–Trinajstić information content (AvgIpc) is 2.46. The number of nitrogens with one attached hydrogen (secondary N) is 2. The normalized spacial score (nSPS) is 10.9. The van der Waals surface area contributed by atoms with Crippen LogP contribution >= 0.6 is 11.6 Å². The Labute approximate surface area is 128 Å². The van der Waals surface area contributed by atoms with Crippen molar-refractivity contribution in [1.82, 2.24) is 4.98 Å². The predicted molar refractivity (Wildman–Crippen MR) is 85.2 cm³/mol. The Bertz CT molecular complexity index is 730. The van der Waals surface area contributed by atoms with E-state index in [4.69, 9.17) is 11.6 Å². The van der Waals surface area contributed by atoms with Gasteiger partial charge in [-0.15, -0.1) is 6.58 Å². The van der Waals surface area contributed by atoms with E-state index in [1.165, 1.54) is 18.3 Å². The van der Waals surface area contributed by atoms with Crippen molar-refractivity contribution < 1.29 is 8.42 Å². The van der Waals surface area contributed by atoms with Crippen molar-refractivity contribution in [3.63, 3.8) is 0 Å². The van der Waals surface area contributed by atoms with Gasteiger partial charge in [-0.3, -0.25) is 4.72 Å². The number of sulfonamides is 1. The van der Waals surface area contributed by atoms with Crippen LogP contribution in [0.1, 0.15) is 0 Å². The summed E-state index contributed by atoms with van der Waals surface area (Å²) in [6, 6.07) is 9.36. The van der Waals surface area contributed by atoms with Gasteiger partial charge in [0.1, 0.15) is 5.82 Å². The fourth-order valence-electron chi connectivity index (χ4n) is 1.58. The van der Waals surface area contributed by atoms with E-state index >= 15 is 0 Å². The highest BCUT2D eigenvalue weighted by Crippen LogP contribution is 2.19. The molecule has 110 valence electrons. The lowest BCUT2D eigenvalue weighted by molar-refractivity contribution is 0.601. The maximum atomic E-state index is 12.2. The minimum absolute atomic E-state index is 0.101. The van der Waals surface area contributed by atoms with Crippen LogP contribution in [0.4, 0.5) is 11.5 Å². The molecule has 5 nitrogen and oxygen atoms in total. The molecule has 1 aromatic heterocycles. The number of benzene rings is 1. The molecule has 0 amide bonds. The Hall–Kier alpha value is -2.05. The lowest BCUT2D eigenvalue weighted by Gasteiger charge is -2.09. The van der Waals surface area contributed by atoms with Crippen LogP contribution in [0.25, 0.3) is 0 Å². The second-order valence-corrected chi connectivity index (χ2v) is 6.28. The molecule has 0 bridgehead atoms. The first-order valence-corrected chi connectivity index (χ1v) is 7.96. The van der Waals surface area contributed by atoms with Crippen LogP contribution in [0.2, 0.25) is 5.02 Å². The molecule has 0 saturated heterocycles. The molecule has 2 N–H and O–H groups in total. The molecule has 2 rings (SSSR count). The van der Waals surface area contributed by atoms with E-state index in [0.29, 0.717) is 23.1 Å². The molecular weight excluding hydrogens is 310 g/mol. The summed E-state index contributed by atoms with van der Waals surface area (Å²) in [6.45, 7) is 4.17. The van der Waals surface area contributed by atoms with Crippen molar-refractivity contribution in [3.8, 4) is 0 Å². The van der Waals surface area contributed by atoms with Gasteiger partial charge in [0.25, 0.3) is 10.0 Å². The first-order chi connectivity index (χ1) is 10.0. The first kappa shape index (κ1) is 15.3. The van der Waals surface area contributed by atoms with E-state index in [9.17, 15) is 8.42 Å². The summed E-state index contributed by atoms with van der Waals surface area (Å²) >= 11 is 5.80. The zero-order chi connectivity index (χ0) is 15.3. The van der Waals surface area contributed by atoms with Crippen LogP contribution in [0.3, 0.4) is 0 Å². The zero-order valence-corrected chi connectivity index (χ0v) is 12.7. The van der Waals surface area contributed by atoms with Crippen LogP contribution < -0.4 is 10.0 Å². The van der Waals surface area contributed by atoms with Crippen LogP contribution in [0, 0.1) is 0 Å². The van der Waals surface area contributed by atoms with Crippen molar-refractivity contribution in [2.24, 2.45) is 0 Å². The van der Waals surface area contributed by atoms with Crippen molar-refractivity contribution >= 4 is 33.1 Å². The van der Waals surface area contributed by atoms with E-state index in [1.807, 2.05) is 0 Å². The highest BCUT2D eigenvalue weighted by Gasteiger charge is 2.14. The zero-order valence-electron chi connectivity index (χ0n) is 11.1. The van der Waals surface area contributed by atoms with E-state index in [1.54, 1.807) is 30.3 Å². The van der Waals surface area contributed by atoms with Gasteiger partial charge in [-0.2, -0.15) is 0 Å². The minimum atomic E-state index is -3.68. The smallest absolute Gasteiger partial charge is 0.261 e. The Morgan fingerprint density at radius 3 is 2.71 bits per heavy atom. The number of hydrogen-bond acceptors (Lipinski definition) is 4. The molecule has 0 aliphatic carbocycles. The molecule has 0 spiro atoms. The largest absolute Gasteiger partial charge is 0.367 e. The quantitative estimate of drug-likeness (QED) is 0.801. The molecule has 2 aromatic rings. The summed E-state index contributed by atoms with van der Waals surface area (Å²) in [5.74, 6) is 0.639. The van der Waals surface area contributed by atoms with Gasteiger partial charge < -0.3 is 5.32 Å². The van der Waals surface area contributed by atoms with Gasteiger partial charge in [0.15, 0.2) is 0 Å². The molecule has 0 atom stereocenters. The molecule has 21 heavy (non-hydrogen) atoms. The number of pyridine rings is 1. The number of rotatable bonds is 6. The lowest BCUT2D eigenvalue weighted by atomic mass is 10.4. The number of aromatic nitrogens is 1. The van der Waals surface area contributed by atoms with E-state index in [0.717, 1.165) is 0 Å². The van der Waals surface area contributed by atoms with Crippen LogP contribution in [0.5, 0.6) is 0 Å². The molecule has 1 aromatic carbocycles. The monoisotopic (exact) mass is 323 g/mol. The van der Waals surface area contributed by atoms with Crippen LogP contribution in [0.15, 0.2) is 60.1 Å². The van der Waals surface area contributed by atoms with Gasteiger partial charge >= 0.3 is 0 Å². The fraction of sp³-hybridized carbons (Fsp3) is 0.0714. The Morgan fingerprint density at radius 2 is 2.10 bits per heavy atom. The van der Waals surface area contributed by atoms with Crippen molar-refractivity contribution in [3.05, 3.63) is 60.3 Å². The van der Waals surface area contributed by atoms with Crippen LogP contribution in [-0.4, -0.2) is 19.9 Å². The molecule has 0 fully saturated rings. The molecule has 0 aliphatic heterocycles. The first-order valence-electron chi connectivity index (χ1n) is 6.10. The van der Waals surface area contributed by atoms with Gasteiger partial charge in [0.2, 0.25) is 0 Å². The second kappa shape index (κ2) is 6.60. The summed E-state index contributed by atoms with van der Waals surface area (Å²) in [4.78, 5) is 4.20. The van der Waals surface area contributed by atoms with Crippen molar-refractivity contribution in [2.45, 2.75) is 4.90 Å². The van der Waals surface area contributed by atoms with E-state index in [2.05, 4.69) is 21.6 Å². The summed E-state index contributed by atoms with van der Waals surface area (Å²) in [7, 11) is -3.68. The summed E-state index contributed by atoms with van der Waals surface area (Å²) in [6.07, 6.45) is 3.14. The number of hydrogen-bond donors (Lipinski definition) is 2. The molecule has 0 saturated carbocycles. The molecule has 7 heteroatoms. The van der Waals surface area contributed by atoms with Gasteiger partial charge in [-0.1, -0.05) is 23.7 Å². The maximum absolute atomic E-state index is 12.2. The minimum Gasteiger partial charge on any atom is -0.367 e. The average molecular weight is 324 g/mol. The highest BCUT2D eigenvalue weighted by atomic mass is 35.5. The fourth-order valence-corrected chi connectivity index (χ4v) is 2.93. The number of halogens is 1. The lowest BCUT2D eigenvalue weighted by Crippen LogP contribution is -2.13. The molecule has 0 radical (unpaired) electrons. The summed E-state index contributed by atoms with van der Waals surface area (Å²) in [5, 5.41) is 3.36. The third-order valence-electron chi connectivity index (χ3n) is 2.55. The SMILES string of the molecule is C=CCNc1ccc(NS(=O)(=O)c2cccc(Cl)c2)cn1. The molecule has 0 unspecified atom stereocenters. The number of anilines is 2. The van der Waals surface area contributed by atoms with Gasteiger partial charge in [-0.05, 0) is 30.3 Å². The summed E-state index contributed by atoms with van der Waals surface area (Å²) in [5.41, 5.74) is 0.374.